The summed E-state index contributed by atoms with van der Waals surface area (Å²) in [6, 6.07) is 14.7. The largest absolute Gasteiger partial charge is 0.310 e. The second-order valence-corrected chi connectivity index (χ2v) is 5.31. The molecular formula is C17H20N2O. The fourth-order valence-corrected chi connectivity index (χ4v) is 2.47. The van der Waals surface area contributed by atoms with E-state index in [1.54, 1.807) is 0 Å². The van der Waals surface area contributed by atoms with Crippen molar-refractivity contribution in [1.29, 1.82) is 0 Å². The van der Waals surface area contributed by atoms with Crippen LogP contribution in [0.1, 0.15) is 25.3 Å². The molecule has 0 aliphatic heterocycles. The van der Waals surface area contributed by atoms with Gasteiger partial charge in [-0.25, -0.2) is 0 Å². The number of nitrogens with zero attached hydrogens (tertiary/aromatic N) is 1. The Morgan fingerprint density at radius 1 is 1.15 bits per heavy atom. The van der Waals surface area contributed by atoms with Crippen LogP contribution in [0.15, 0.2) is 47.3 Å². The molecule has 2 aromatic rings. The van der Waals surface area contributed by atoms with Gasteiger partial charge in [0.1, 0.15) is 0 Å². The lowest BCUT2D eigenvalue weighted by molar-refractivity contribution is 0.660. The van der Waals surface area contributed by atoms with E-state index in [-0.39, 0.29) is 5.56 Å². The Hall–Kier alpha value is -1.87. The minimum Gasteiger partial charge on any atom is -0.310 e. The summed E-state index contributed by atoms with van der Waals surface area (Å²) in [4.78, 5) is 12.6. The minimum absolute atomic E-state index is 0.127. The molecule has 3 rings (SSSR count). The van der Waals surface area contributed by atoms with Crippen molar-refractivity contribution in [1.82, 2.24) is 9.88 Å². The zero-order chi connectivity index (χ0) is 13.9. The van der Waals surface area contributed by atoms with E-state index in [0.29, 0.717) is 19.1 Å². The maximum atomic E-state index is 12.6. The standard InChI is InChI=1S/C17H20N2O/c1-2-19-16(13-6-4-3-5-7-13)11-8-14(17(19)20)12-18-15-9-10-15/h3-8,11,15,18H,2,9-10,12H2,1H3. The van der Waals surface area contributed by atoms with E-state index < -0.39 is 0 Å². The van der Waals surface area contributed by atoms with Crippen LogP contribution in [0.3, 0.4) is 0 Å². The van der Waals surface area contributed by atoms with Crippen molar-refractivity contribution in [2.75, 3.05) is 0 Å². The molecule has 1 fully saturated rings. The summed E-state index contributed by atoms with van der Waals surface area (Å²) in [6.07, 6.45) is 2.48. The number of nitrogens with one attached hydrogen (secondary N) is 1. The minimum atomic E-state index is 0.127. The number of rotatable bonds is 5. The Balaban J connectivity index is 1.95. The fourth-order valence-electron chi connectivity index (χ4n) is 2.47. The number of benzene rings is 1. The summed E-state index contributed by atoms with van der Waals surface area (Å²) in [5, 5.41) is 3.41. The molecule has 1 N–H and O–H groups in total. The summed E-state index contributed by atoms with van der Waals surface area (Å²) in [6.45, 7) is 3.39. The molecule has 0 unspecified atom stereocenters. The third kappa shape index (κ3) is 2.68. The van der Waals surface area contributed by atoms with Gasteiger partial charge in [0.15, 0.2) is 0 Å². The van der Waals surface area contributed by atoms with Crippen LogP contribution in [0, 0.1) is 0 Å². The lowest BCUT2D eigenvalue weighted by Gasteiger charge is -2.13. The van der Waals surface area contributed by atoms with Gasteiger partial charge in [0.25, 0.3) is 5.56 Å². The normalized spacial score (nSPS) is 14.4. The molecule has 1 aliphatic rings. The molecule has 0 atom stereocenters. The van der Waals surface area contributed by atoms with E-state index in [2.05, 4.69) is 11.4 Å². The molecule has 1 heterocycles. The van der Waals surface area contributed by atoms with Crippen molar-refractivity contribution >= 4 is 0 Å². The zero-order valence-corrected chi connectivity index (χ0v) is 11.8. The first-order chi connectivity index (χ1) is 9.79. The Bertz CT molecular complexity index is 642. The van der Waals surface area contributed by atoms with Crippen molar-refractivity contribution in [3.05, 3.63) is 58.4 Å². The predicted molar refractivity (Wildman–Crippen MR) is 81.7 cm³/mol. The second kappa shape index (κ2) is 5.63. The van der Waals surface area contributed by atoms with Gasteiger partial charge in [0, 0.05) is 24.7 Å². The average Bonchev–Trinajstić information content (AvgIpc) is 3.31. The maximum Gasteiger partial charge on any atom is 0.255 e. The van der Waals surface area contributed by atoms with Crippen LogP contribution >= 0.6 is 0 Å². The van der Waals surface area contributed by atoms with E-state index in [0.717, 1.165) is 16.8 Å². The van der Waals surface area contributed by atoms with Crippen LogP contribution in [-0.4, -0.2) is 10.6 Å². The molecule has 20 heavy (non-hydrogen) atoms. The number of aromatic nitrogens is 1. The fraction of sp³-hybridized carbons (Fsp3) is 0.353. The molecule has 1 aromatic carbocycles. The van der Waals surface area contributed by atoms with E-state index in [1.807, 2.05) is 47.9 Å². The first kappa shape index (κ1) is 13.1. The summed E-state index contributed by atoms with van der Waals surface area (Å²) >= 11 is 0. The lowest BCUT2D eigenvalue weighted by atomic mass is 10.1. The van der Waals surface area contributed by atoms with Crippen molar-refractivity contribution < 1.29 is 0 Å². The average molecular weight is 268 g/mol. The predicted octanol–water partition coefficient (Wildman–Crippen LogP) is 2.79. The van der Waals surface area contributed by atoms with E-state index in [9.17, 15) is 4.79 Å². The highest BCUT2D eigenvalue weighted by molar-refractivity contribution is 5.59. The van der Waals surface area contributed by atoms with Gasteiger partial charge in [-0.2, -0.15) is 0 Å². The molecule has 0 bridgehead atoms. The highest BCUT2D eigenvalue weighted by Gasteiger charge is 2.20. The first-order valence-electron chi connectivity index (χ1n) is 7.31. The Labute approximate surface area is 119 Å². The third-order valence-corrected chi connectivity index (χ3v) is 3.80. The molecule has 0 radical (unpaired) electrons. The quantitative estimate of drug-likeness (QED) is 0.904. The second-order valence-electron chi connectivity index (χ2n) is 5.31. The molecule has 0 saturated heterocycles. The molecule has 1 aliphatic carbocycles. The number of pyridine rings is 1. The van der Waals surface area contributed by atoms with Gasteiger partial charge >= 0.3 is 0 Å². The van der Waals surface area contributed by atoms with E-state index in [1.165, 1.54) is 12.8 Å². The highest BCUT2D eigenvalue weighted by atomic mass is 16.1. The Morgan fingerprint density at radius 2 is 1.90 bits per heavy atom. The van der Waals surface area contributed by atoms with Crippen LogP contribution in [0.4, 0.5) is 0 Å². The third-order valence-electron chi connectivity index (χ3n) is 3.80. The highest BCUT2D eigenvalue weighted by Crippen LogP contribution is 2.20. The van der Waals surface area contributed by atoms with Crippen molar-refractivity contribution in [2.45, 2.75) is 38.9 Å². The molecule has 3 heteroatoms. The van der Waals surface area contributed by atoms with Gasteiger partial charge in [0.05, 0.1) is 5.69 Å². The summed E-state index contributed by atoms with van der Waals surface area (Å²) in [7, 11) is 0. The van der Waals surface area contributed by atoms with E-state index >= 15 is 0 Å². The first-order valence-corrected chi connectivity index (χ1v) is 7.31. The molecule has 1 saturated carbocycles. The monoisotopic (exact) mass is 268 g/mol. The molecule has 1 aromatic heterocycles. The molecule has 3 nitrogen and oxygen atoms in total. The summed E-state index contributed by atoms with van der Waals surface area (Å²) < 4.78 is 1.86. The number of hydrogen-bond donors (Lipinski definition) is 1. The van der Waals surface area contributed by atoms with E-state index in [4.69, 9.17) is 0 Å². The topological polar surface area (TPSA) is 34.0 Å². The SMILES string of the molecule is CCn1c(-c2ccccc2)ccc(CNC2CC2)c1=O. The van der Waals surface area contributed by atoms with Crippen LogP contribution in [0.2, 0.25) is 0 Å². The van der Waals surface area contributed by atoms with Gasteiger partial charge in [-0.1, -0.05) is 36.4 Å². The van der Waals surface area contributed by atoms with Crippen LogP contribution in [-0.2, 0) is 13.1 Å². The zero-order valence-electron chi connectivity index (χ0n) is 11.8. The van der Waals surface area contributed by atoms with Gasteiger partial charge in [-0.15, -0.1) is 0 Å². The molecular weight excluding hydrogens is 248 g/mol. The Kier molecular flexibility index (Phi) is 3.70. The lowest BCUT2D eigenvalue weighted by Crippen LogP contribution is -2.28. The molecule has 104 valence electrons. The smallest absolute Gasteiger partial charge is 0.255 e. The van der Waals surface area contributed by atoms with Crippen LogP contribution < -0.4 is 10.9 Å². The summed E-state index contributed by atoms with van der Waals surface area (Å²) in [5.41, 5.74) is 3.07. The van der Waals surface area contributed by atoms with Crippen molar-refractivity contribution in [3.8, 4) is 11.3 Å². The van der Waals surface area contributed by atoms with Gasteiger partial charge < -0.3 is 9.88 Å². The molecule has 0 spiro atoms. The van der Waals surface area contributed by atoms with Crippen LogP contribution in [0.5, 0.6) is 0 Å². The summed E-state index contributed by atoms with van der Waals surface area (Å²) in [5.74, 6) is 0. The maximum absolute atomic E-state index is 12.6. The van der Waals surface area contributed by atoms with Crippen LogP contribution in [0.25, 0.3) is 11.3 Å². The van der Waals surface area contributed by atoms with Crippen molar-refractivity contribution in [2.24, 2.45) is 0 Å². The van der Waals surface area contributed by atoms with Gasteiger partial charge in [0.2, 0.25) is 0 Å². The number of hydrogen-bond acceptors (Lipinski definition) is 2. The molecule has 0 amide bonds. The van der Waals surface area contributed by atoms with Gasteiger partial charge in [-0.3, -0.25) is 4.79 Å². The van der Waals surface area contributed by atoms with Gasteiger partial charge in [-0.05, 0) is 31.4 Å². The van der Waals surface area contributed by atoms with Crippen molar-refractivity contribution in [3.63, 3.8) is 0 Å². The Morgan fingerprint density at radius 3 is 2.55 bits per heavy atom.